The summed E-state index contributed by atoms with van der Waals surface area (Å²) in [7, 11) is 1.70. The van der Waals surface area contributed by atoms with Crippen LogP contribution in [-0.2, 0) is 9.53 Å². The Kier molecular flexibility index (Phi) is 4.89. The van der Waals surface area contributed by atoms with Crippen LogP contribution >= 0.6 is 0 Å². The Balaban J connectivity index is 2.81. The predicted molar refractivity (Wildman–Crippen MR) is 80.0 cm³/mol. The fraction of sp³-hybridized carbons (Fsp3) is 0.933. The molecule has 118 valence electrons. The number of carboxylic acids is 1. The number of carboxylic acid groups (broad SMARTS) is 1. The smallest absolute Gasteiger partial charge is 0.323 e. The summed E-state index contributed by atoms with van der Waals surface area (Å²) in [5, 5.41) is 12.3. The molecule has 0 saturated carbocycles. The van der Waals surface area contributed by atoms with Gasteiger partial charge in [-0.2, -0.15) is 0 Å². The lowest BCUT2D eigenvalue weighted by molar-refractivity contribution is -0.188. The van der Waals surface area contributed by atoms with E-state index in [-0.39, 0.29) is 17.2 Å². The lowest BCUT2D eigenvalue weighted by Gasteiger charge is -2.50. The molecule has 2 N–H and O–H groups in total. The van der Waals surface area contributed by atoms with Gasteiger partial charge in [0.2, 0.25) is 0 Å². The largest absolute Gasteiger partial charge is 0.480 e. The van der Waals surface area contributed by atoms with E-state index in [9.17, 15) is 9.90 Å². The average molecular weight is 286 g/mol. The summed E-state index contributed by atoms with van der Waals surface area (Å²) in [6.07, 6.45) is 0.561. The van der Waals surface area contributed by atoms with Crippen molar-refractivity contribution in [1.29, 1.82) is 0 Å². The summed E-state index contributed by atoms with van der Waals surface area (Å²) in [4.78, 5) is 13.8. The van der Waals surface area contributed by atoms with Crippen LogP contribution in [0, 0.1) is 0 Å². The van der Waals surface area contributed by atoms with E-state index in [1.165, 1.54) is 0 Å². The quantitative estimate of drug-likeness (QED) is 0.806. The molecule has 0 spiro atoms. The first-order valence-corrected chi connectivity index (χ1v) is 7.27. The van der Waals surface area contributed by atoms with Gasteiger partial charge in [0, 0.05) is 19.1 Å². The first-order chi connectivity index (χ1) is 8.91. The normalized spacial score (nSPS) is 26.8. The second kappa shape index (κ2) is 5.62. The molecule has 1 rings (SSSR count). The van der Waals surface area contributed by atoms with Crippen molar-refractivity contribution in [1.82, 2.24) is 10.2 Å². The number of hydrogen-bond donors (Lipinski definition) is 2. The van der Waals surface area contributed by atoms with Gasteiger partial charge in [-0.05, 0) is 55.0 Å². The molecule has 1 saturated heterocycles. The molecule has 0 aromatic rings. The first-order valence-electron chi connectivity index (χ1n) is 7.27. The van der Waals surface area contributed by atoms with Gasteiger partial charge in [-0.25, -0.2) is 0 Å². The van der Waals surface area contributed by atoms with Gasteiger partial charge in [-0.15, -0.1) is 0 Å². The summed E-state index contributed by atoms with van der Waals surface area (Å²) in [5.74, 6) is -0.807. The van der Waals surface area contributed by atoms with E-state index in [2.05, 4.69) is 44.8 Å². The standard InChI is InChI=1S/C15H30N2O3/c1-11(8-15(6,16-7)12(18)19)17-9-13(2,3)20-14(4,5)10-17/h11,16H,8-10H2,1-7H3,(H,18,19). The summed E-state index contributed by atoms with van der Waals surface area (Å²) in [6.45, 7) is 13.8. The van der Waals surface area contributed by atoms with Gasteiger partial charge < -0.3 is 15.2 Å². The predicted octanol–water partition coefficient (Wildman–Crippen LogP) is 1.72. The zero-order valence-electron chi connectivity index (χ0n) is 13.9. The van der Waals surface area contributed by atoms with Gasteiger partial charge in [0.25, 0.3) is 0 Å². The second-order valence-electron chi connectivity index (χ2n) is 7.47. The van der Waals surface area contributed by atoms with Gasteiger partial charge >= 0.3 is 5.97 Å². The van der Waals surface area contributed by atoms with E-state index in [1.54, 1.807) is 14.0 Å². The molecule has 20 heavy (non-hydrogen) atoms. The molecular weight excluding hydrogens is 256 g/mol. The van der Waals surface area contributed by atoms with E-state index in [1.807, 2.05) is 0 Å². The minimum absolute atomic E-state index is 0.172. The SMILES string of the molecule is CNC(C)(CC(C)N1CC(C)(C)OC(C)(C)C1)C(=O)O. The van der Waals surface area contributed by atoms with Gasteiger partial charge in [0.05, 0.1) is 11.2 Å². The molecule has 1 heterocycles. The average Bonchev–Trinajstić information content (AvgIpc) is 2.24. The van der Waals surface area contributed by atoms with Crippen molar-refractivity contribution in [2.45, 2.75) is 70.7 Å². The molecule has 0 radical (unpaired) electrons. The zero-order chi connectivity index (χ0) is 15.8. The molecule has 0 aromatic carbocycles. The Morgan fingerprint density at radius 2 is 1.80 bits per heavy atom. The minimum atomic E-state index is -0.897. The van der Waals surface area contributed by atoms with E-state index >= 15 is 0 Å². The Hall–Kier alpha value is -0.650. The second-order valence-corrected chi connectivity index (χ2v) is 7.47. The highest BCUT2D eigenvalue weighted by Crippen LogP contribution is 2.30. The topological polar surface area (TPSA) is 61.8 Å². The van der Waals surface area contributed by atoms with E-state index in [4.69, 9.17) is 4.74 Å². The Labute approximate surface area is 122 Å². The number of ether oxygens (including phenoxy) is 1. The van der Waals surface area contributed by atoms with Gasteiger partial charge in [-0.3, -0.25) is 9.69 Å². The maximum absolute atomic E-state index is 11.4. The maximum Gasteiger partial charge on any atom is 0.323 e. The number of likely N-dealkylation sites (N-methyl/N-ethyl adjacent to an activating group) is 1. The molecule has 5 heteroatoms. The van der Waals surface area contributed by atoms with E-state index in [0.717, 1.165) is 13.1 Å². The maximum atomic E-state index is 11.4. The Morgan fingerprint density at radius 1 is 1.35 bits per heavy atom. The van der Waals surface area contributed by atoms with Crippen LogP contribution in [0.2, 0.25) is 0 Å². The number of hydrogen-bond acceptors (Lipinski definition) is 4. The lowest BCUT2D eigenvalue weighted by Crippen LogP contribution is -2.61. The summed E-state index contributed by atoms with van der Waals surface area (Å²) in [5.41, 5.74) is -1.32. The molecule has 1 aliphatic rings. The van der Waals surface area contributed by atoms with Crippen molar-refractivity contribution in [3.05, 3.63) is 0 Å². The molecule has 5 nitrogen and oxygen atoms in total. The molecule has 0 aromatic heterocycles. The van der Waals surface area contributed by atoms with Crippen molar-refractivity contribution >= 4 is 5.97 Å². The minimum Gasteiger partial charge on any atom is -0.480 e. The van der Waals surface area contributed by atoms with Crippen LogP contribution in [-0.4, -0.2) is 58.9 Å². The van der Waals surface area contributed by atoms with Crippen LogP contribution in [0.1, 0.15) is 48.0 Å². The third-order valence-corrected chi connectivity index (χ3v) is 4.07. The molecule has 1 aliphatic heterocycles. The van der Waals surface area contributed by atoms with Gasteiger partial charge in [0.15, 0.2) is 0 Å². The van der Waals surface area contributed by atoms with Crippen LogP contribution in [0.15, 0.2) is 0 Å². The fourth-order valence-electron chi connectivity index (χ4n) is 3.17. The molecule has 0 amide bonds. The van der Waals surface area contributed by atoms with E-state index in [0.29, 0.717) is 6.42 Å². The monoisotopic (exact) mass is 286 g/mol. The highest BCUT2D eigenvalue weighted by Gasteiger charge is 2.42. The highest BCUT2D eigenvalue weighted by atomic mass is 16.5. The molecule has 0 bridgehead atoms. The third kappa shape index (κ3) is 4.17. The van der Waals surface area contributed by atoms with Crippen LogP contribution in [0.4, 0.5) is 0 Å². The zero-order valence-corrected chi connectivity index (χ0v) is 13.9. The van der Waals surface area contributed by atoms with E-state index < -0.39 is 11.5 Å². The number of rotatable bonds is 5. The van der Waals surface area contributed by atoms with Crippen LogP contribution in [0.3, 0.4) is 0 Å². The van der Waals surface area contributed by atoms with Crippen LogP contribution < -0.4 is 5.32 Å². The van der Waals surface area contributed by atoms with Crippen molar-refractivity contribution in [2.24, 2.45) is 0 Å². The molecule has 1 fully saturated rings. The fourth-order valence-corrected chi connectivity index (χ4v) is 3.17. The van der Waals surface area contributed by atoms with Crippen molar-refractivity contribution in [2.75, 3.05) is 20.1 Å². The molecular formula is C15H30N2O3. The number of morpholine rings is 1. The first kappa shape index (κ1) is 17.4. The third-order valence-electron chi connectivity index (χ3n) is 4.07. The summed E-state index contributed by atoms with van der Waals surface area (Å²) < 4.78 is 6.07. The molecule has 0 aliphatic carbocycles. The van der Waals surface area contributed by atoms with Crippen LogP contribution in [0.25, 0.3) is 0 Å². The van der Waals surface area contributed by atoms with Crippen molar-refractivity contribution in [3.8, 4) is 0 Å². The lowest BCUT2D eigenvalue weighted by atomic mass is 9.90. The highest BCUT2D eigenvalue weighted by molar-refractivity contribution is 5.78. The number of nitrogens with one attached hydrogen (secondary N) is 1. The Morgan fingerprint density at radius 3 is 2.15 bits per heavy atom. The Bertz CT molecular complexity index is 352. The van der Waals surface area contributed by atoms with Gasteiger partial charge in [-0.1, -0.05) is 0 Å². The number of nitrogens with zero attached hydrogens (tertiary/aromatic N) is 1. The molecule has 2 atom stereocenters. The van der Waals surface area contributed by atoms with Crippen molar-refractivity contribution in [3.63, 3.8) is 0 Å². The number of aliphatic carboxylic acids is 1. The summed E-state index contributed by atoms with van der Waals surface area (Å²) >= 11 is 0. The van der Waals surface area contributed by atoms with Crippen molar-refractivity contribution < 1.29 is 14.6 Å². The van der Waals surface area contributed by atoms with Crippen LogP contribution in [0.5, 0.6) is 0 Å². The van der Waals surface area contributed by atoms with Gasteiger partial charge in [0.1, 0.15) is 5.54 Å². The molecule has 2 unspecified atom stereocenters. The number of carbonyl (C=O) groups is 1. The summed E-state index contributed by atoms with van der Waals surface area (Å²) in [6, 6.07) is 0.172.